The van der Waals surface area contributed by atoms with Gasteiger partial charge >= 0.3 is 6.03 Å². The number of carbonyl (C=O) groups excluding carboxylic acids is 2. The van der Waals surface area contributed by atoms with E-state index in [1.165, 1.54) is 4.90 Å². The zero-order chi connectivity index (χ0) is 17.4. The number of fused-ring (bicyclic) bond motifs is 1. The topological polar surface area (TPSA) is 74.4 Å². The summed E-state index contributed by atoms with van der Waals surface area (Å²) in [5, 5.41) is 3.84. The van der Waals surface area contributed by atoms with Gasteiger partial charge in [-0.15, -0.1) is 0 Å². The number of amides is 3. The number of rotatable bonds is 4. The van der Waals surface area contributed by atoms with Crippen LogP contribution < -0.4 is 15.0 Å². The van der Waals surface area contributed by atoms with Crippen LogP contribution in [-0.4, -0.2) is 30.1 Å². The van der Waals surface area contributed by atoms with Gasteiger partial charge in [-0.1, -0.05) is 18.2 Å². The highest BCUT2D eigenvalue weighted by Crippen LogP contribution is 2.25. The SMILES string of the molecule is COc1ccc(N2C(=O)N[C@H](Cc3c[nH]c4ccccc34)C2=O)cc1. The molecule has 1 aliphatic rings. The highest BCUT2D eigenvalue weighted by molar-refractivity contribution is 6.21. The predicted molar refractivity (Wildman–Crippen MR) is 94.8 cm³/mol. The van der Waals surface area contributed by atoms with Gasteiger partial charge in [-0.2, -0.15) is 0 Å². The van der Waals surface area contributed by atoms with Gasteiger partial charge in [0.15, 0.2) is 0 Å². The van der Waals surface area contributed by atoms with Crippen LogP contribution >= 0.6 is 0 Å². The predicted octanol–water partition coefficient (Wildman–Crippen LogP) is 2.84. The van der Waals surface area contributed by atoms with Crippen molar-refractivity contribution in [2.24, 2.45) is 0 Å². The fourth-order valence-electron chi connectivity index (χ4n) is 3.17. The molecule has 1 atom stereocenters. The fourth-order valence-corrected chi connectivity index (χ4v) is 3.17. The molecule has 3 aromatic rings. The van der Waals surface area contributed by atoms with Crippen LogP contribution in [0.5, 0.6) is 5.75 Å². The number of hydrogen-bond acceptors (Lipinski definition) is 3. The van der Waals surface area contributed by atoms with Gasteiger partial charge in [0.25, 0.3) is 5.91 Å². The molecule has 2 aromatic carbocycles. The van der Waals surface area contributed by atoms with E-state index in [0.29, 0.717) is 17.9 Å². The molecule has 1 saturated heterocycles. The van der Waals surface area contributed by atoms with E-state index in [1.54, 1.807) is 31.4 Å². The lowest BCUT2D eigenvalue weighted by molar-refractivity contribution is -0.118. The first-order valence-electron chi connectivity index (χ1n) is 8.01. The van der Waals surface area contributed by atoms with Crippen molar-refractivity contribution in [2.75, 3.05) is 12.0 Å². The molecule has 0 aliphatic carbocycles. The molecule has 3 amide bonds. The summed E-state index contributed by atoms with van der Waals surface area (Å²) in [6.45, 7) is 0. The van der Waals surface area contributed by atoms with Crippen molar-refractivity contribution >= 4 is 28.5 Å². The summed E-state index contributed by atoms with van der Waals surface area (Å²) in [4.78, 5) is 29.4. The Morgan fingerprint density at radius 2 is 1.84 bits per heavy atom. The zero-order valence-electron chi connectivity index (χ0n) is 13.7. The lowest BCUT2D eigenvalue weighted by Gasteiger charge is -2.13. The molecule has 126 valence electrons. The average Bonchev–Trinajstić information content (AvgIpc) is 3.17. The Balaban J connectivity index is 1.58. The fraction of sp³-hybridized carbons (Fsp3) is 0.158. The first kappa shape index (κ1) is 15.3. The number of imide groups is 1. The van der Waals surface area contributed by atoms with Crippen LogP contribution in [-0.2, 0) is 11.2 Å². The molecule has 0 unspecified atom stereocenters. The molecule has 6 nitrogen and oxygen atoms in total. The Morgan fingerprint density at radius 1 is 1.08 bits per heavy atom. The van der Waals surface area contributed by atoms with Crippen LogP contribution in [0.1, 0.15) is 5.56 Å². The van der Waals surface area contributed by atoms with Crippen LogP contribution in [0.25, 0.3) is 10.9 Å². The molecule has 0 spiro atoms. The second-order valence-electron chi connectivity index (χ2n) is 5.94. The molecular formula is C19H17N3O3. The van der Waals surface area contributed by atoms with Gasteiger partial charge in [-0.25, -0.2) is 9.69 Å². The Hall–Kier alpha value is -3.28. The van der Waals surface area contributed by atoms with Gasteiger partial charge in [0.05, 0.1) is 12.8 Å². The first-order chi connectivity index (χ1) is 12.2. The number of benzene rings is 2. The number of anilines is 1. The second kappa shape index (κ2) is 5.98. The van der Waals surface area contributed by atoms with E-state index < -0.39 is 12.1 Å². The normalized spacial score (nSPS) is 17.2. The van der Waals surface area contributed by atoms with Crippen molar-refractivity contribution in [1.29, 1.82) is 0 Å². The standard InChI is InChI=1S/C19H17N3O3/c1-25-14-8-6-13(7-9-14)22-18(23)17(21-19(22)24)10-12-11-20-16-5-3-2-4-15(12)16/h2-9,11,17,20H,10H2,1H3,(H,21,24)/t17-/m1/s1. The number of aromatic nitrogens is 1. The minimum Gasteiger partial charge on any atom is -0.497 e. The van der Waals surface area contributed by atoms with Gasteiger partial charge in [-0.3, -0.25) is 4.79 Å². The Kier molecular flexibility index (Phi) is 3.65. The number of hydrogen-bond donors (Lipinski definition) is 2. The van der Waals surface area contributed by atoms with Crippen molar-refractivity contribution < 1.29 is 14.3 Å². The first-order valence-corrected chi connectivity index (χ1v) is 8.01. The van der Waals surface area contributed by atoms with Crippen molar-refractivity contribution in [2.45, 2.75) is 12.5 Å². The Labute approximate surface area is 144 Å². The second-order valence-corrected chi connectivity index (χ2v) is 5.94. The van der Waals surface area contributed by atoms with E-state index in [9.17, 15) is 9.59 Å². The van der Waals surface area contributed by atoms with E-state index in [2.05, 4.69) is 10.3 Å². The number of ether oxygens (including phenoxy) is 1. The summed E-state index contributed by atoms with van der Waals surface area (Å²) in [5.41, 5.74) is 2.55. The molecule has 0 radical (unpaired) electrons. The molecular weight excluding hydrogens is 318 g/mol. The summed E-state index contributed by atoms with van der Waals surface area (Å²) < 4.78 is 5.11. The molecule has 6 heteroatoms. The summed E-state index contributed by atoms with van der Waals surface area (Å²) >= 11 is 0. The molecule has 2 heterocycles. The monoisotopic (exact) mass is 335 g/mol. The minimum absolute atomic E-state index is 0.250. The van der Waals surface area contributed by atoms with Gasteiger partial charge in [-0.05, 0) is 35.9 Å². The number of para-hydroxylation sites is 1. The van der Waals surface area contributed by atoms with Crippen LogP contribution in [0.15, 0.2) is 54.7 Å². The van der Waals surface area contributed by atoms with Crippen LogP contribution in [0.2, 0.25) is 0 Å². The number of aromatic amines is 1. The minimum atomic E-state index is -0.575. The molecule has 2 N–H and O–H groups in total. The highest BCUT2D eigenvalue weighted by atomic mass is 16.5. The Bertz CT molecular complexity index is 946. The molecule has 0 saturated carbocycles. The third-order valence-corrected chi connectivity index (χ3v) is 4.45. The zero-order valence-corrected chi connectivity index (χ0v) is 13.7. The van der Waals surface area contributed by atoms with Gasteiger partial charge < -0.3 is 15.0 Å². The van der Waals surface area contributed by atoms with Crippen molar-refractivity contribution in [1.82, 2.24) is 10.3 Å². The van der Waals surface area contributed by atoms with Crippen molar-refractivity contribution in [3.63, 3.8) is 0 Å². The van der Waals surface area contributed by atoms with Crippen LogP contribution in [0, 0.1) is 0 Å². The van der Waals surface area contributed by atoms with Crippen LogP contribution in [0.4, 0.5) is 10.5 Å². The van der Waals surface area contributed by atoms with Crippen molar-refractivity contribution in [3.8, 4) is 5.75 Å². The molecule has 1 aromatic heterocycles. The maximum absolute atomic E-state index is 12.7. The van der Waals surface area contributed by atoms with Crippen molar-refractivity contribution in [3.05, 3.63) is 60.3 Å². The lowest BCUT2D eigenvalue weighted by atomic mass is 10.0. The number of H-pyrrole nitrogens is 1. The lowest BCUT2D eigenvalue weighted by Crippen LogP contribution is -2.32. The van der Waals surface area contributed by atoms with E-state index in [1.807, 2.05) is 30.5 Å². The highest BCUT2D eigenvalue weighted by Gasteiger charge is 2.39. The van der Waals surface area contributed by atoms with E-state index >= 15 is 0 Å². The van der Waals surface area contributed by atoms with E-state index in [4.69, 9.17) is 4.74 Å². The quantitative estimate of drug-likeness (QED) is 0.720. The van der Waals surface area contributed by atoms with Crippen LogP contribution in [0.3, 0.4) is 0 Å². The summed E-state index contributed by atoms with van der Waals surface area (Å²) in [7, 11) is 1.57. The van der Waals surface area contributed by atoms with Gasteiger partial charge in [0.1, 0.15) is 11.8 Å². The number of nitrogens with zero attached hydrogens (tertiary/aromatic N) is 1. The number of urea groups is 1. The molecule has 4 rings (SSSR count). The Morgan fingerprint density at radius 3 is 2.60 bits per heavy atom. The number of methoxy groups -OCH3 is 1. The summed E-state index contributed by atoms with van der Waals surface area (Å²) in [6, 6.07) is 13.8. The third kappa shape index (κ3) is 2.61. The summed E-state index contributed by atoms with van der Waals surface area (Å²) in [6.07, 6.45) is 2.33. The summed E-state index contributed by atoms with van der Waals surface area (Å²) in [5.74, 6) is 0.423. The molecule has 1 aliphatic heterocycles. The molecule has 25 heavy (non-hydrogen) atoms. The van der Waals surface area contributed by atoms with Gasteiger partial charge in [0.2, 0.25) is 0 Å². The largest absolute Gasteiger partial charge is 0.497 e. The van der Waals surface area contributed by atoms with E-state index in [-0.39, 0.29) is 5.91 Å². The van der Waals surface area contributed by atoms with Gasteiger partial charge in [0, 0.05) is 23.5 Å². The van der Waals surface area contributed by atoms with E-state index in [0.717, 1.165) is 16.5 Å². The maximum Gasteiger partial charge on any atom is 0.329 e. The number of nitrogens with one attached hydrogen (secondary N) is 2. The maximum atomic E-state index is 12.7. The third-order valence-electron chi connectivity index (χ3n) is 4.45. The smallest absolute Gasteiger partial charge is 0.329 e. The molecule has 0 bridgehead atoms. The average molecular weight is 335 g/mol. The number of carbonyl (C=O) groups is 2. The molecule has 1 fully saturated rings.